The number of carbonyl (C=O) groups excluding carboxylic acids is 1. The average molecular weight is 434 g/mol. The number of benzene rings is 2. The van der Waals surface area contributed by atoms with Crippen LogP contribution in [0.2, 0.25) is 0 Å². The lowest BCUT2D eigenvalue weighted by Gasteiger charge is -2.32. The van der Waals surface area contributed by atoms with Gasteiger partial charge in [0.1, 0.15) is 17.1 Å². The Kier molecular flexibility index (Phi) is 6.26. The number of piperidine rings is 1. The Balaban J connectivity index is 1.78. The van der Waals surface area contributed by atoms with Crippen LogP contribution in [0.3, 0.4) is 0 Å². The minimum absolute atomic E-state index is 0.0667. The summed E-state index contributed by atoms with van der Waals surface area (Å²) in [6, 6.07) is 10.3. The number of likely N-dealkylation sites (tertiary alicyclic amines) is 1. The molecule has 5 nitrogen and oxygen atoms in total. The number of allylic oxidation sites excluding steroid dienone is 1. The van der Waals surface area contributed by atoms with E-state index in [-0.39, 0.29) is 11.9 Å². The number of hydrogen-bond donors (Lipinski definition) is 0. The molecule has 0 aliphatic carbocycles. The van der Waals surface area contributed by atoms with Crippen molar-refractivity contribution in [3.63, 3.8) is 0 Å². The topological polar surface area (TPSA) is 51.9 Å². The van der Waals surface area contributed by atoms with Crippen molar-refractivity contribution in [2.24, 2.45) is 0 Å². The molecule has 1 fully saturated rings. The molecular weight excluding hydrogens is 402 g/mol. The van der Waals surface area contributed by atoms with E-state index in [1.54, 1.807) is 26.6 Å². The van der Waals surface area contributed by atoms with Gasteiger partial charge in [-0.25, -0.2) is 0 Å². The molecule has 4 rings (SSSR count). The molecule has 1 amide bonds. The van der Waals surface area contributed by atoms with Crippen molar-refractivity contribution in [3.05, 3.63) is 53.8 Å². The van der Waals surface area contributed by atoms with E-state index in [4.69, 9.17) is 13.9 Å². The molecule has 1 aliphatic rings. The van der Waals surface area contributed by atoms with Gasteiger partial charge in [-0.05, 0) is 69.4 Å². The number of furan rings is 1. The SMILES string of the molecule is COc1ccc(-c2coc3c(C)c(OC)c(/C(C)=C/C(=O)N4CCCCC4C)cc23)cc1. The van der Waals surface area contributed by atoms with E-state index < -0.39 is 0 Å². The predicted octanol–water partition coefficient (Wildman–Crippen LogP) is 6.23. The van der Waals surface area contributed by atoms with Gasteiger partial charge in [0.25, 0.3) is 0 Å². The molecule has 1 atom stereocenters. The number of methoxy groups -OCH3 is 2. The fraction of sp³-hybridized carbons (Fsp3) is 0.370. The van der Waals surface area contributed by atoms with Gasteiger partial charge in [-0.1, -0.05) is 12.1 Å². The molecule has 1 aliphatic heterocycles. The summed E-state index contributed by atoms with van der Waals surface area (Å²) in [6.07, 6.45) is 6.84. The predicted molar refractivity (Wildman–Crippen MR) is 128 cm³/mol. The van der Waals surface area contributed by atoms with Gasteiger partial charge in [0.15, 0.2) is 0 Å². The smallest absolute Gasteiger partial charge is 0.247 e. The molecule has 1 saturated heterocycles. The van der Waals surface area contributed by atoms with E-state index in [0.717, 1.165) is 69.7 Å². The molecule has 0 bridgehead atoms. The molecule has 32 heavy (non-hydrogen) atoms. The van der Waals surface area contributed by atoms with Crippen LogP contribution in [0.5, 0.6) is 11.5 Å². The van der Waals surface area contributed by atoms with Crippen LogP contribution in [0.4, 0.5) is 0 Å². The molecule has 0 saturated carbocycles. The largest absolute Gasteiger partial charge is 0.497 e. The minimum Gasteiger partial charge on any atom is -0.497 e. The van der Waals surface area contributed by atoms with Gasteiger partial charge in [0.2, 0.25) is 5.91 Å². The first kappa shape index (κ1) is 22.0. The average Bonchev–Trinajstić information content (AvgIpc) is 3.23. The summed E-state index contributed by atoms with van der Waals surface area (Å²) in [6.45, 7) is 6.92. The van der Waals surface area contributed by atoms with E-state index in [2.05, 4.69) is 13.0 Å². The molecule has 168 valence electrons. The molecule has 0 N–H and O–H groups in total. The first-order valence-corrected chi connectivity index (χ1v) is 11.2. The summed E-state index contributed by atoms with van der Waals surface area (Å²) in [7, 11) is 3.32. The van der Waals surface area contributed by atoms with E-state index in [1.165, 1.54) is 6.42 Å². The van der Waals surface area contributed by atoms with E-state index in [9.17, 15) is 4.79 Å². The zero-order chi connectivity index (χ0) is 22.8. The van der Waals surface area contributed by atoms with Crippen LogP contribution in [-0.4, -0.2) is 37.6 Å². The van der Waals surface area contributed by atoms with Gasteiger partial charge in [-0.15, -0.1) is 0 Å². The Bertz CT molecular complexity index is 1160. The highest BCUT2D eigenvalue weighted by atomic mass is 16.5. The van der Waals surface area contributed by atoms with Crippen molar-refractivity contribution >= 4 is 22.4 Å². The van der Waals surface area contributed by atoms with Gasteiger partial charge < -0.3 is 18.8 Å². The molecule has 5 heteroatoms. The summed E-state index contributed by atoms with van der Waals surface area (Å²) < 4.78 is 17.0. The maximum atomic E-state index is 13.0. The third-order valence-electron chi connectivity index (χ3n) is 6.50. The zero-order valence-corrected chi connectivity index (χ0v) is 19.5. The highest BCUT2D eigenvalue weighted by molar-refractivity contribution is 6.01. The van der Waals surface area contributed by atoms with Crippen LogP contribution < -0.4 is 9.47 Å². The zero-order valence-electron chi connectivity index (χ0n) is 19.5. The highest BCUT2D eigenvalue weighted by Crippen LogP contribution is 2.41. The van der Waals surface area contributed by atoms with Gasteiger partial charge in [-0.3, -0.25) is 4.79 Å². The molecule has 1 aromatic heterocycles. The Labute approximate surface area is 189 Å². The fourth-order valence-corrected chi connectivity index (χ4v) is 4.64. The maximum absolute atomic E-state index is 13.0. The number of hydrogen-bond acceptors (Lipinski definition) is 4. The quantitative estimate of drug-likeness (QED) is 0.448. The van der Waals surface area contributed by atoms with Crippen molar-refractivity contribution in [1.82, 2.24) is 4.90 Å². The van der Waals surface area contributed by atoms with Gasteiger partial charge in [-0.2, -0.15) is 0 Å². The Morgan fingerprint density at radius 1 is 1.16 bits per heavy atom. The van der Waals surface area contributed by atoms with Gasteiger partial charge in [0, 0.05) is 40.7 Å². The summed E-state index contributed by atoms with van der Waals surface area (Å²) in [4.78, 5) is 15.0. The normalized spacial score (nSPS) is 17.0. The molecule has 0 spiro atoms. The molecule has 1 unspecified atom stereocenters. The number of fused-ring (bicyclic) bond motifs is 1. The second-order valence-electron chi connectivity index (χ2n) is 8.54. The lowest BCUT2D eigenvalue weighted by molar-refractivity contribution is -0.129. The van der Waals surface area contributed by atoms with Crippen LogP contribution in [0, 0.1) is 6.92 Å². The molecule has 3 aromatic rings. The number of nitrogens with zero attached hydrogens (tertiary/aromatic N) is 1. The van der Waals surface area contributed by atoms with Crippen molar-refractivity contribution in [3.8, 4) is 22.6 Å². The maximum Gasteiger partial charge on any atom is 0.247 e. The van der Waals surface area contributed by atoms with Gasteiger partial charge in [0.05, 0.1) is 20.5 Å². The monoisotopic (exact) mass is 433 g/mol. The van der Waals surface area contributed by atoms with E-state index in [0.29, 0.717) is 0 Å². The van der Waals surface area contributed by atoms with Crippen molar-refractivity contribution in [2.45, 2.75) is 46.1 Å². The third-order valence-corrected chi connectivity index (χ3v) is 6.50. The van der Waals surface area contributed by atoms with E-state index >= 15 is 0 Å². The molecule has 2 heterocycles. The second-order valence-corrected chi connectivity index (χ2v) is 8.54. The van der Waals surface area contributed by atoms with Crippen LogP contribution in [0.25, 0.3) is 27.7 Å². The number of carbonyl (C=O) groups is 1. The summed E-state index contributed by atoms with van der Waals surface area (Å²) in [5.74, 6) is 1.61. The fourth-order valence-electron chi connectivity index (χ4n) is 4.64. The van der Waals surface area contributed by atoms with Crippen LogP contribution >= 0.6 is 0 Å². The Hall–Kier alpha value is -3.21. The number of aryl methyl sites for hydroxylation is 1. The lowest BCUT2D eigenvalue weighted by atomic mass is 9.96. The third kappa shape index (κ3) is 3.99. The first-order chi connectivity index (χ1) is 15.4. The van der Waals surface area contributed by atoms with Gasteiger partial charge >= 0.3 is 0 Å². The standard InChI is InChI=1S/C27H31NO4/c1-17(14-25(29)28-13-7-6-8-18(28)2)22-15-23-24(20-9-11-21(30-4)12-10-20)16-32-27(23)19(3)26(22)31-5/h9-12,14-16,18H,6-8,13H2,1-5H3/b17-14+. The number of rotatable bonds is 5. The summed E-state index contributed by atoms with van der Waals surface area (Å²) in [5.41, 5.74) is 5.55. The van der Waals surface area contributed by atoms with Crippen molar-refractivity contribution in [2.75, 3.05) is 20.8 Å². The Morgan fingerprint density at radius 3 is 2.56 bits per heavy atom. The van der Waals surface area contributed by atoms with Crippen LogP contribution in [0.15, 0.2) is 47.1 Å². The summed E-state index contributed by atoms with van der Waals surface area (Å²) in [5, 5.41) is 0.995. The Morgan fingerprint density at radius 2 is 1.91 bits per heavy atom. The molecular formula is C27H31NO4. The highest BCUT2D eigenvalue weighted by Gasteiger charge is 2.23. The minimum atomic E-state index is 0.0667. The lowest BCUT2D eigenvalue weighted by Crippen LogP contribution is -2.41. The van der Waals surface area contributed by atoms with Crippen LogP contribution in [-0.2, 0) is 4.79 Å². The molecule has 2 aromatic carbocycles. The molecule has 0 radical (unpaired) electrons. The second kappa shape index (κ2) is 9.11. The number of ether oxygens (including phenoxy) is 2. The summed E-state index contributed by atoms with van der Waals surface area (Å²) >= 11 is 0. The van der Waals surface area contributed by atoms with Crippen molar-refractivity contribution < 1.29 is 18.7 Å². The number of amides is 1. The van der Waals surface area contributed by atoms with Crippen LogP contribution in [0.1, 0.15) is 44.2 Å². The first-order valence-electron chi connectivity index (χ1n) is 11.2. The van der Waals surface area contributed by atoms with E-state index in [1.807, 2.05) is 43.0 Å². The van der Waals surface area contributed by atoms with Crippen molar-refractivity contribution in [1.29, 1.82) is 0 Å².